The topological polar surface area (TPSA) is 73.8 Å². The van der Waals surface area contributed by atoms with Crippen molar-refractivity contribution >= 4 is 17.2 Å². The average Bonchev–Trinajstić information content (AvgIpc) is 3.24. The summed E-state index contributed by atoms with van der Waals surface area (Å²) >= 11 is 0. The Balaban J connectivity index is 1.68. The number of nitro benzene ring substituents is 1. The monoisotopic (exact) mass is 476 g/mol. The molecule has 2 heterocycles. The predicted octanol–water partition coefficient (Wildman–Crippen LogP) is 6.95. The zero-order valence-corrected chi connectivity index (χ0v) is 19.8. The molecule has 5 aromatic rings. The van der Waals surface area contributed by atoms with Gasteiger partial charge in [-0.15, -0.1) is 0 Å². The minimum absolute atomic E-state index is 0.0442. The first-order valence-corrected chi connectivity index (χ1v) is 11.7. The molecule has 178 valence electrons. The number of ether oxygens (including phenoxy) is 1. The Bertz CT molecular complexity index is 1540. The normalized spacial score (nSPS) is 10.9. The molecule has 0 spiro atoms. The molecule has 0 atom stereocenters. The van der Waals surface area contributed by atoms with Crippen LogP contribution in [0.2, 0.25) is 0 Å². The van der Waals surface area contributed by atoms with Crippen LogP contribution in [0.15, 0.2) is 103 Å². The molecule has 0 amide bonds. The molecule has 5 rings (SSSR count). The molecule has 6 nitrogen and oxygen atoms in total. The number of hydrogen-bond acceptors (Lipinski definition) is 4. The van der Waals surface area contributed by atoms with Gasteiger partial charge in [-0.1, -0.05) is 72.8 Å². The molecule has 0 bridgehead atoms. The van der Waals surface area contributed by atoms with Gasteiger partial charge in [-0.25, -0.2) is 4.79 Å². The second-order valence-electron chi connectivity index (χ2n) is 8.42. The zero-order chi connectivity index (χ0) is 25.1. The van der Waals surface area contributed by atoms with Crippen molar-refractivity contribution in [1.29, 1.82) is 0 Å². The fourth-order valence-electron chi connectivity index (χ4n) is 4.56. The number of benzene rings is 3. The summed E-state index contributed by atoms with van der Waals surface area (Å²) in [5.74, 6) is -0.377. The lowest BCUT2D eigenvalue weighted by Crippen LogP contribution is -2.06. The second kappa shape index (κ2) is 9.88. The van der Waals surface area contributed by atoms with E-state index in [1.807, 2.05) is 59.1 Å². The van der Waals surface area contributed by atoms with Crippen molar-refractivity contribution in [2.45, 2.75) is 13.3 Å². The van der Waals surface area contributed by atoms with Crippen molar-refractivity contribution in [2.75, 3.05) is 6.61 Å². The summed E-state index contributed by atoms with van der Waals surface area (Å²) in [6.07, 6.45) is 2.42. The van der Waals surface area contributed by atoms with E-state index in [1.54, 1.807) is 19.1 Å². The molecule has 3 aromatic carbocycles. The highest BCUT2D eigenvalue weighted by molar-refractivity contribution is 6.06. The van der Waals surface area contributed by atoms with Crippen LogP contribution in [0.4, 0.5) is 5.69 Å². The van der Waals surface area contributed by atoms with E-state index in [0.29, 0.717) is 12.0 Å². The Kier molecular flexibility index (Phi) is 6.33. The molecule has 0 aliphatic rings. The number of aromatic nitrogens is 1. The van der Waals surface area contributed by atoms with Gasteiger partial charge in [-0.2, -0.15) is 0 Å². The highest BCUT2D eigenvalue weighted by atomic mass is 16.6. The van der Waals surface area contributed by atoms with Crippen LogP contribution >= 0.6 is 0 Å². The summed E-state index contributed by atoms with van der Waals surface area (Å²) in [6.45, 7) is 2.06. The molecular weight excluding hydrogens is 452 g/mol. The van der Waals surface area contributed by atoms with Crippen LogP contribution in [-0.2, 0) is 11.2 Å². The van der Waals surface area contributed by atoms with Gasteiger partial charge in [0.25, 0.3) is 5.69 Å². The van der Waals surface area contributed by atoms with Crippen LogP contribution < -0.4 is 0 Å². The molecule has 6 heteroatoms. The fourth-order valence-corrected chi connectivity index (χ4v) is 4.56. The van der Waals surface area contributed by atoms with Crippen molar-refractivity contribution < 1.29 is 14.5 Å². The van der Waals surface area contributed by atoms with Gasteiger partial charge >= 0.3 is 5.97 Å². The zero-order valence-electron chi connectivity index (χ0n) is 19.8. The van der Waals surface area contributed by atoms with Crippen LogP contribution in [0.3, 0.4) is 0 Å². The van der Waals surface area contributed by atoms with Gasteiger partial charge in [0.05, 0.1) is 22.6 Å². The summed E-state index contributed by atoms with van der Waals surface area (Å²) in [4.78, 5) is 23.9. The predicted molar refractivity (Wildman–Crippen MR) is 140 cm³/mol. The van der Waals surface area contributed by atoms with Crippen molar-refractivity contribution in [1.82, 2.24) is 4.40 Å². The third-order valence-corrected chi connectivity index (χ3v) is 6.22. The van der Waals surface area contributed by atoms with Crippen molar-refractivity contribution in [2.24, 2.45) is 0 Å². The summed E-state index contributed by atoms with van der Waals surface area (Å²) in [5.41, 5.74) is 7.03. The smallest absolute Gasteiger partial charge is 0.340 e. The van der Waals surface area contributed by atoms with Gasteiger partial charge in [-0.3, -0.25) is 10.1 Å². The number of rotatable bonds is 7. The molecule has 0 saturated heterocycles. The number of carbonyl (C=O) groups is 1. The number of nitro groups is 1. The first-order chi connectivity index (χ1) is 17.6. The summed E-state index contributed by atoms with van der Waals surface area (Å²) < 4.78 is 7.48. The maximum atomic E-state index is 13.2. The Labute approximate surface area is 208 Å². The van der Waals surface area contributed by atoms with E-state index in [0.717, 1.165) is 39.0 Å². The number of nitrogens with zero attached hydrogens (tertiary/aromatic N) is 2. The molecule has 0 radical (unpaired) electrons. The summed E-state index contributed by atoms with van der Waals surface area (Å²) in [5, 5.41) is 11.1. The molecule has 0 fully saturated rings. The minimum Gasteiger partial charge on any atom is -0.462 e. The molecule has 0 aliphatic carbocycles. The number of esters is 1. The number of non-ortho nitro benzene ring substituents is 1. The van der Waals surface area contributed by atoms with E-state index in [2.05, 4.69) is 24.3 Å². The maximum absolute atomic E-state index is 13.2. The maximum Gasteiger partial charge on any atom is 0.340 e. The third-order valence-electron chi connectivity index (χ3n) is 6.22. The lowest BCUT2D eigenvalue weighted by atomic mass is 9.95. The number of fused-ring (bicyclic) bond motifs is 1. The summed E-state index contributed by atoms with van der Waals surface area (Å²) in [6, 6.07) is 30.5. The SMILES string of the molecule is CCOC(=O)c1c(-c2ccc(-c3ccccc3)cc2)c(Cc2ccc([N+](=O)[O-])cc2)n2ccccc12. The van der Waals surface area contributed by atoms with Gasteiger partial charge in [0, 0.05) is 36.0 Å². The number of hydrogen-bond donors (Lipinski definition) is 0. The Morgan fingerprint density at radius 1 is 0.833 bits per heavy atom. The Hall–Kier alpha value is -4.71. The molecular formula is C30H24N2O4. The minimum atomic E-state index is -0.408. The van der Waals surface area contributed by atoms with Gasteiger partial charge in [-0.05, 0) is 41.3 Å². The highest BCUT2D eigenvalue weighted by Crippen LogP contribution is 2.36. The molecule has 0 aliphatic heterocycles. The van der Waals surface area contributed by atoms with Crippen molar-refractivity contribution in [3.8, 4) is 22.3 Å². The van der Waals surface area contributed by atoms with Gasteiger partial charge < -0.3 is 9.14 Å². The van der Waals surface area contributed by atoms with E-state index < -0.39 is 4.92 Å². The largest absolute Gasteiger partial charge is 0.462 e. The lowest BCUT2D eigenvalue weighted by Gasteiger charge is -2.10. The van der Waals surface area contributed by atoms with E-state index in [1.165, 1.54) is 12.1 Å². The summed E-state index contributed by atoms with van der Waals surface area (Å²) in [7, 11) is 0. The van der Waals surface area contributed by atoms with E-state index >= 15 is 0 Å². The van der Waals surface area contributed by atoms with Crippen LogP contribution in [0, 0.1) is 10.1 Å². The van der Waals surface area contributed by atoms with E-state index in [9.17, 15) is 14.9 Å². The molecule has 0 N–H and O–H groups in total. The first-order valence-electron chi connectivity index (χ1n) is 11.7. The van der Waals surface area contributed by atoms with Crippen molar-refractivity contribution in [3.05, 3.63) is 130 Å². The molecule has 0 unspecified atom stereocenters. The first kappa shape index (κ1) is 23.1. The van der Waals surface area contributed by atoms with Crippen LogP contribution in [-0.4, -0.2) is 21.9 Å². The highest BCUT2D eigenvalue weighted by Gasteiger charge is 2.25. The quantitative estimate of drug-likeness (QED) is 0.145. The van der Waals surface area contributed by atoms with E-state index in [4.69, 9.17) is 4.74 Å². The Morgan fingerprint density at radius 2 is 1.47 bits per heavy atom. The fraction of sp³-hybridized carbons (Fsp3) is 0.100. The van der Waals surface area contributed by atoms with Gasteiger partial charge in [0.15, 0.2) is 0 Å². The molecule has 0 saturated carbocycles. The number of carbonyl (C=O) groups excluding carboxylic acids is 1. The van der Waals surface area contributed by atoms with E-state index in [-0.39, 0.29) is 18.3 Å². The third kappa shape index (κ3) is 4.36. The average molecular weight is 477 g/mol. The molecule has 2 aromatic heterocycles. The van der Waals surface area contributed by atoms with Crippen LogP contribution in [0.1, 0.15) is 28.5 Å². The van der Waals surface area contributed by atoms with Crippen LogP contribution in [0.25, 0.3) is 27.8 Å². The molecule has 36 heavy (non-hydrogen) atoms. The number of pyridine rings is 1. The second-order valence-corrected chi connectivity index (χ2v) is 8.42. The van der Waals surface area contributed by atoms with Gasteiger partial charge in [0.2, 0.25) is 0 Å². The standard InChI is InChI=1S/C30H24N2O4/c1-2-36-30(33)29-26-10-6-7-19-31(26)27(20-21-11-17-25(18-12-21)32(34)35)28(29)24-15-13-23(14-16-24)22-8-4-3-5-9-22/h3-19H,2,20H2,1H3. The van der Waals surface area contributed by atoms with Crippen molar-refractivity contribution in [3.63, 3.8) is 0 Å². The van der Waals surface area contributed by atoms with Crippen LogP contribution in [0.5, 0.6) is 0 Å². The Morgan fingerprint density at radius 3 is 2.14 bits per heavy atom. The lowest BCUT2D eigenvalue weighted by molar-refractivity contribution is -0.384. The van der Waals surface area contributed by atoms with Gasteiger partial charge in [0.1, 0.15) is 0 Å².